The normalized spacial score (nSPS) is 19.5. The lowest BCUT2D eigenvalue weighted by Crippen LogP contribution is -2.42. The van der Waals surface area contributed by atoms with E-state index in [4.69, 9.17) is 17.0 Å². The maximum atomic E-state index is 8.26. The fourth-order valence-electron chi connectivity index (χ4n) is 3.54. The van der Waals surface area contributed by atoms with Gasteiger partial charge in [-0.05, 0) is 42.7 Å². The molecule has 31 heavy (non-hydrogen) atoms. The third-order valence-corrected chi connectivity index (χ3v) is 5.35. The van der Waals surface area contributed by atoms with E-state index in [0.29, 0.717) is 31.3 Å². The van der Waals surface area contributed by atoms with Gasteiger partial charge in [0, 0.05) is 21.8 Å². The van der Waals surface area contributed by atoms with Crippen molar-refractivity contribution >= 4 is 0 Å². The highest BCUT2D eigenvalue weighted by Crippen LogP contribution is 2.34. The van der Waals surface area contributed by atoms with Crippen LogP contribution in [0, 0.1) is 0 Å². The molecular weight excluding hydrogens is 386 g/mol. The molecule has 0 bridgehead atoms. The topological polar surface area (TPSA) is 30.9 Å². The summed E-state index contributed by atoms with van der Waals surface area (Å²) in [5, 5.41) is 0. The van der Waals surface area contributed by atoms with E-state index in [2.05, 4.69) is 0 Å². The first kappa shape index (κ1) is 18.9. The number of nitrogens with zero attached hydrogens (tertiary/aromatic N) is 1. The molecule has 0 spiro atoms. The molecule has 0 radical (unpaired) electrons. The minimum atomic E-state index is -1.48. The van der Waals surface area contributed by atoms with Gasteiger partial charge in [0.05, 0.1) is 12.7 Å². The van der Waals surface area contributed by atoms with Crippen molar-refractivity contribution in [2.24, 2.45) is 0 Å². The summed E-state index contributed by atoms with van der Waals surface area (Å²) in [6, 6.07) is 26.0. The van der Waals surface area contributed by atoms with Crippen LogP contribution >= 0.6 is 0 Å². The zero-order valence-electron chi connectivity index (χ0n) is 20.2. The van der Waals surface area contributed by atoms with E-state index in [1.807, 2.05) is 97.6 Å². The third-order valence-electron chi connectivity index (χ3n) is 5.35. The molecule has 0 aliphatic carbocycles. The maximum Gasteiger partial charge on any atom is 0.162 e. The van der Waals surface area contributed by atoms with E-state index in [9.17, 15) is 0 Å². The molecule has 3 aromatic rings. The van der Waals surface area contributed by atoms with Crippen LogP contribution in [0.25, 0.3) is 0 Å². The summed E-state index contributed by atoms with van der Waals surface area (Å²) >= 11 is 0. The first-order valence-electron chi connectivity index (χ1n) is 11.8. The molecule has 1 atom stereocenters. The van der Waals surface area contributed by atoms with E-state index < -0.39 is 6.50 Å². The van der Waals surface area contributed by atoms with Gasteiger partial charge < -0.3 is 14.2 Å². The van der Waals surface area contributed by atoms with Crippen molar-refractivity contribution in [3.8, 4) is 11.5 Å². The van der Waals surface area contributed by atoms with Gasteiger partial charge in [0.25, 0.3) is 0 Å². The second kappa shape index (κ2) is 10.5. The Labute approximate surface area is 188 Å². The Morgan fingerprint density at radius 2 is 1.52 bits per heavy atom. The summed E-state index contributed by atoms with van der Waals surface area (Å²) < 4.78 is 34.8. The molecular formula is C27H31NO3. The van der Waals surface area contributed by atoms with Crippen LogP contribution in [0.1, 0.15) is 39.4 Å². The Morgan fingerprint density at radius 3 is 2.13 bits per heavy atom. The minimum Gasteiger partial charge on any atom is -0.485 e. The molecule has 0 amide bonds. The number of rotatable bonds is 8. The van der Waals surface area contributed by atoms with Crippen molar-refractivity contribution in [3.63, 3.8) is 0 Å². The number of benzene rings is 3. The Hall–Kier alpha value is -2.82. The van der Waals surface area contributed by atoms with Crippen LogP contribution in [0.5, 0.6) is 11.5 Å². The zero-order chi connectivity index (χ0) is 23.3. The van der Waals surface area contributed by atoms with Gasteiger partial charge in [0.2, 0.25) is 0 Å². The quantitative estimate of drug-likeness (QED) is 0.474. The van der Waals surface area contributed by atoms with Crippen LogP contribution in [0.4, 0.5) is 0 Å². The maximum absolute atomic E-state index is 8.26. The average molecular weight is 420 g/mol. The zero-order valence-corrected chi connectivity index (χ0v) is 18.2. The Kier molecular flexibility index (Phi) is 6.39. The van der Waals surface area contributed by atoms with Gasteiger partial charge in [-0.2, -0.15) is 0 Å². The lowest BCUT2D eigenvalue weighted by molar-refractivity contribution is -0.0403. The molecule has 1 aliphatic rings. The number of morpholine rings is 1. The van der Waals surface area contributed by atoms with E-state index in [0.717, 1.165) is 16.7 Å². The number of hydrogen-bond acceptors (Lipinski definition) is 4. The molecule has 3 aromatic carbocycles. The van der Waals surface area contributed by atoms with Crippen molar-refractivity contribution in [1.82, 2.24) is 4.90 Å². The lowest BCUT2D eigenvalue weighted by atomic mass is 10.1. The van der Waals surface area contributed by atoms with Gasteiger partial charge >= 0.3 is 0 Å². The molecule has 1 aliphatic heterocycles. The van der Waals surface area contributed by atoms with Crippen molar-refractivity contribution in [2.75, 3.05) is 19.6 Å². The molecule has 0 N–H and O–H groups in total. The molecule has 0 saturated carbocycles. The van der Waals surface area contributed by atoms with Gasteiger partial charge in [0.15, 0.2) is 11.5 Å². The van der Waals surface area contributed by atoms with Crippen LogP contribution < -0.4 is 9.47 Å². The van der Waals surface area contributed by atoms with E-state index in [1.54, 1.807) is 0 Å². The minimum absolute atomic E-state index is 0.0301. The van der Waals surface area contributed by atoms with Crippen molar-refractivity contribution < 1.29 is 17.0 Å². The molecule has 1 fully saturated rings. The van der Waals surface area contributed by atoms with E-state index >= 15 is 0 Å². The standard InChI is InChI=1S/C27H31NO3/c1-21(2)28-15-16-29-27(18-28)24-13-14-25(30-19-22-9-5-3-6-10-22)26(17-24)31-20-23-11-7-4-8-12-23/h3-14,17,21,27H,15-16,18-20H2,1-2H3/i15D2. The van der Waals surface area contributed by atoms with Crippen molar-refractivity contribution in [3.05, 3.63) is 95.6 Å². The summed E-state index contributed by atoms with van der Waals surface area (Å²) in [5.74, 6) is 1.32. The van der Waals surface area contributed by atoms with Gasteiger partial charge in [-0.3, -0.25) is 4.90 Å². The third kappa shape index (κ3) is 5.87. The summed E-state index contributed by atoms with van der Waals surface area (Å²) in [6.45, 7) is 3.93. The first-order chi connectivity index (χ1) is 15.9. The monoisotopic (exact) mass is 419 g/mol. The van der Waals surface area contributed by atoms with Gasteiger partial charge in [-0.15, -0.1) is 0 Å². The lowest BCUT2D eigenvalue weighted by Gasteiger charge is -2.35. The van der Waals surface area contributed by atoms with Gasteiger partial charge in [-0.1, -0.05) is 66.7 Å². The highest BCUT2D eigenvalue weighted by atomic mass is 16.5. The van der Waals surface area contributed by atoms with Crippen LogP contribution in [0.3, 0.4) is 0 Å². The fraction of sp³-hybridized carbons (Fsp3) is 0.333. The molecule has 162 valence electrons. The Balaban J connectivity index is 1.55. The second-order valence-corrected chi connectivity index (χ2v) is 7.96. The summed E-state index contributed by atoms with van der Waals surface area (Å²) in [4.78, 5) is 1.85. The van der Waals surface area contributed by atoms with Crippen LogP contribution in [-0.4, -0.2) is 30.6 Å². The number of hydrogen-bond donors (Lipinski definition) is 0. The van der Waals surface area contributed by atoms with Crippen LogP contribution in [-0.2, 0) is 18.0 Å². The van der Waals surface area contributed by atoms with Gasteiger partial charge in [-0.25, -0.2) is 0 Å². The average Bonchev–Trinajstić information content (AvgIpc) is 2.82. The molecule has 4 nitrogen and oxygen atoms in total. The molecule has 4 heteroatoms. The Morgan fingerprint density at radius 1 is 0.903 bits per heavy atom. The summed E-state index contributed by atoms with van der Waals surface area (Å²) in [6.07, 6.45) is -0.238. The molecule has 1 heterocycles. The Bertz CT molecular complexity index is 1030. The highest BCUT2D eigenvalue weighted by molar-refractivity contribution is 5.44. The van der Waals surface area contributed by atoms with Gasteiger partial charge in [0.1, 0.15) is 13.2 Å². The smallest absolute Gasteiger partial charge is 0.162 e. The predicted octanol–water partition coefficient (Wildman–Crippen LogP) is 5.63. The van der Waals surface area contributed by atoms with E-state index in [-0.39, 0.29) is 18.8 Å². The molecule has 4 rings (SSSR count). The molecule has 1 saturated heterocycles. The largest absolute Gasteiger partial charge is 0.485 e. The van der Waals surface area contributed by atoms with Crippen molar-refractivity contribution in [2.45, 2.75) is 39.2 Å². The molecule has 1 unspecified atom stereocenters. The van der Waals surface area contributed by atoms with Crippen LogP contribution in [0.15, 0.2) is 78.9 Å². The highest BCUT2D eigenvalue weighted by Gasteiger charge is 2.24. The fourth-order valence-corrected chi connectivity index (χ4v) is 3.54. The van der Waals surface area contributed by atoms with Crippen LogP contribution in [0.2, 0.25) is 0 Å². The second-order valence-electron chi connectivity index (χ2n) is 7.96. The SMILES string of the molecule is [2H]C1([2H])COC(c2ccc(OCc3ccccc3)c(OCc3ccccc3)c2)CN1C(C)C. The number of ether oxygens (including phenoxy) is 3. The summed E-state index contributed by atoms with van der Waals surface area (Å²) in [7, 11) is 0. The molecule has 0 aromatic heterocycles. The van der Waals surface area contributed by atoms with E-state index in [1.165, 1.54) is 0 Å². The first-order valence-corrected chi connectivity index (χ1v) is 10.8. The predicted molar refractivity (Wildman–Crippen MR) is 123 cm³/mol. The van der Waals surface area contributed by atoms with Crippen molar-refractivity contribution in [1.29, 1.82) is 0 Å². The summed E-state index contributed by atoms with van der Waals surface area (Å²) in [5.41, 5.74) is 3.11.